The van der Waals surface area contributed by atoms with Crippen LogP contribution < -0.4 is 0 Å². The lowest BCUT2D eigenvalue weighted by Gasteiger charge is -2.09. The highest BCUT2D eigenvalue weighted by Crippen LogP contribution is 2.24. The van der Waals surface area contributed by atoms with Crippen LogP contribution in [0.5, 0.6) is 0 Å². The Morgan fingerprint density at radius 3 is 2.60 bits per heavy atom. The molecule has 0 bridgehead atoms. The van der Waals surface area contributed by atoms with E-state index >= 15 is 0 Å². The molecule has 1 aromatic heterocycles. The van der Waals surface area contributed by atoms with Gasteiger partial charge < -0.3 is 9.67 Å². The van der Waals surface area contributed by atoms with Crippen molar-refractivity contribution in [1.82, 2.24) is 14.8 Å². The van der Waals surface area contributed by atoms with Crippen LogP contribution in [-0.4, -0.2) is 30.9 Å². The number of rotatable bonds is 5. The molecule has 2 aromatic rings. The van der Waals surface area contributed by atoms with Crippen LogP contribution in [0, 0.1) is 0 Å². The van der Waals surface area contributed by atoms with Gasteiger partial charge in [0.25, 0.3) is 0 Å². The lowest BCUT2D eigenvalue weighted by molar-refractivity contribution is 0.0994. The van der Waals surface area contributed by atoms with Crippen molar-refractivity contribution in [3.8, 4) is 0 Å². The molecule has 0 aliphatic carbocycles. The van der Waals surface area contributed by atoms with Crippen molar-refractivity contribution in [2.24, 2.45) is 7.05 Å². The van der Waals surface area contributed by atoms with Crippen LogP contribution in [0.2, 0.25) is 5.02 Å². The van der Waals surface area contributed by atoms with Crippen LogP contribution in [0.3, 0.4) is 0 Å². The first-order chi connectivity index (χ1) is 9.52. The van der Waals surface area contributed by atoms with Crippen molar-refractivity contribution in [3.05, 3.63) is 40.7 Å². The molecule has 1 unspecified atom stereocenters. The normalized spacial score (nSPS) is 12.4. The number of hydrogen-bond acceptors (Lipinski definition) is 5. The van der Waals surface area contributed by atoms with Crippen LogP contribution in [0.4, 0.5) is 0 Å². The monoisotopic (exact) mass is 311 g/mol. The molecule has 0 amide bonds. The molecule has 0 saturated carbocycles. The molecule has 1 aromatic carbocycles. The summed E-state index contributed by atoms with van der Waals surface area (Å²) >= 11 is 7.11. The van der Waals surface area contributed by atoms with E-state index in [-0.39, 0.29) is 17.6 Å². The number of hydrogen-bond donors (Lipinski definition) is 1. The summed E-state index contributed by atoms with van der Waals surface area (Å²) in [7, 11) is 1.76. The van der Waals surface area contributed by atoms with Gasteiger partial charge in [-0.05, 0) is 31.2 Å². The number of benzene rings is 1. The standard InChI is InChI=1S/C13H14ClN3O2S/c1-8(12(19)9-3-5-10(14)6-4-9)20-13-16-15-11(7-18)17(13)2/h3-6,8,18H,7H2,1-2H3. The quantitative estimate of drug-likeness (QED) is 0.678. The van der Waals surface area contributed by atoms with E-state index in [0.717, 1.165) is 0 Å². The van der Waals surface area contributed by atoms with Gasteiger partial charge in [-0.3, -0.25) is 4.79 Å². The molecule has 106 valence electrons. The maximum absolute atomic E-state index is 12.3. The summed E-state index contributed by atoms with van der Waals surface area (Å²) in [5.41, 5.74) is 0.610. The molecular weight excluding hydrogens is 298 g/mol. The van der Waals surface area contributed by atoms with Gasteiger partial charge in [-0.2, -0.15) is 0 Å². The molecule has 20 heavy (non-hydrogen) atoms. The largest absolute Gasteiger partial charge is 0.388 e. The number of thioether (sulfide) groups is 1. The van der Waals surface area contributed by atoms with Gasteiger partial charge in [0.2, 0.25) is 0 Å². The molecule has 0 aliphatic heterocycles. The number of carbonyl (C=O) groups excluding carboxylic acids is 1. The molecule has 5 nitrogen and oxygen atoms in total. The molecular formula is C13H14ClN3O2S. The third kappa shape index (κ3) is 3.20. The molecule has 0 saturated heterocycles. The van der Waals surface area contributed by atoms with E-state index < -0.39 is 0 Å². The Bertz CT molecular complexity index is 613. The second kappa shape index (κ2) is 6.39. The highest BCUT2D eigenvalue weighted by atomic mass is 35.5. The van der Waals surface area contributed by atoms with E-state index in [9.17, 15) is 4.79 Å². The molecule has 1 heterocycles. The SMILES string of the molecule is CC(Sc1nnc(CO)n1C)C(=O)c1ccc(Cl)cc1. The number of ketones is 1. The van der Waals surface area contributed by atoms with E-state index in [1.165, 1.54) is 11.8 Å². The number of carbonyl (C=O) groups is 1. The van der Waals surface area contributed by atoms with E-state index in [2.05, 4.69) is 10.2 Å². The minimum atomic E-state index is -0.300. The summed E-state index contributed by atoms with van der Waals surface area (Å²) in [4.78, 5) is 12.3. The molecule has 2 rings (SSSR count). The zero-order chi connectivity index (χ0) is 14.7. The fourth-order valence-electron chi connectivity index (χ4n) is 1.65. The summed E-state index contributed by atoms with van der Waals surface area (Å²) in [5, 5.41) is 17.8. The van der Waals surface area contributed by atoms with E-state index in [0.29, 0.717) is 21.6 Å². The highest BCUT2D eigenvalue weighted by Gasteiger charge is 2.19. The van der Waals surface area contributed by atoms with E-state index in [4.69, 9.17) is 16.7 Å². The Balaban J connectivity index is 2.11. The average Bonchev–Trinajstić information content (AvgIpc) is 2.79. The zero-order valence-corrected chi connectivity index (χ0v) is 12.6. The molecule has 7 heteroatoms. The topological polar surface area (TPSA) is 68.0 Å². The number of aliphatic hydroxyl groups excluding tert-OH is 1. The van der Waals surface area contributed by atoms with Crippen LogP contribution in [0.15, 0.2) is 29.4 Å². The Hall–Kier alpha value is -1.37. The van der Waals surface area contributed by atoms with Gasteiger partial charge in [0.1, 0.15) is 6.61 Å². The molecule has 0 radical (unpaired) electrons. The maximum Gasteiger partial charge on any atom is 0.191 e. The zero-order valence-electron chi connectivity index (χ0n) is 11.1. The van der Waals surface area contributed by atoms with Gasteiger partial charge in [-0.25, -0.2) is 0 Å². The number of Topliss-reactive ketones (excluding diaryl/α,β-unsaturated/α-hetero) is 1. The average molecular weight is 312 g/mol. The predicted octanol–water partition coefficient (Wildman–Crippen LogP) is 2.32. The number of halogens is 1. The Kier molecular flexibility index (Phi) is 4.80. The summed E-state index contributed by atoms with van der Waals surface area (Å²) < 4.78 is 1.68. The van der Waals surface area contributed by atoms with Gasteiger partial charge in [-0.15, -0.1) is 10.2 Å². The van der Waals surface area contributed by atoms with Crippen molar-refractivity contribution in [2.75, 3.05) is 0 Å². The van der Waals surface area contributed by atoms with Crippen LogP contribution >= 0.6 is 23.4 Å². The van der Waals surface area contributed by atoms with E-state index in [1.807, 2.05) is 6.92 Å². The van der Waals surface area contributed by atoms with Crippen molar-refractivity contribution in [1.29, 1.82) is 0 Å². The summed E-state index contributed by atoms with van der Waals surface area (Å²) in [6.07, 6.45) is 0. The van der Waals surface area contributed by atoms with Crippen molar-refractivity contribution < 1.29 is 9.90 Å². The van der Waals surface area contributed by atoms with Crippen molar-refractivity contribution in [3.63, 3.8) is 0 Å². The Morgan fingerprint density at radius 2 is 2.05 bits per heavy atom. The lowest BCUT2D eigenvalue weighted by Crippen LogP contribution is -2.14. The third-order valence-electron chi connectivity index (χ3n) is 2.85. The van der Waals surface area contributed by atoms with Gasteiger partial charge in [0.15, 0.2) is 16.8 Å². The number of nitrogens with zero attached hydrogens (tertiary/aromatic N) is 3. The first kappa shape index (κ1) is 15.0. The first-order valence-corrected chi connectivity index (χ1v) is 7.24. The van der Waals surface area contributed by atoms with Gasteiger partial charge >= 0.3 is 0 Å². The van der Waals surface area contributed by atoms with Crippen molar-refractivity contribution in [2.45, 2.75) is 23.9 Å². The van der Waals surface area contributed by atoms with Crippen LogP contribution in [0.1, 0.15) is 23.1 Å². The van der Waals surface area contributed by atoms with Crippen LogP contribution in [-0.2, 0) is 13.7 Å². The van der Waals surface area contributed by atoms with Crippen LogP contribution in [0.25, 0.3) is 0 Å². The minimum absolute atomic E-state index is 0.000199. The van der Waals surface area contributed by atoms with Gasteiger partial charge in [0.05, 0.1) is 5.25 Å². The molecule has 0 fully saturated rings. The third-order valence-corrected chi connectivity index (χ3v) is 4.23. The first-order valence-electron chi connectivity index (χ1n) is 5.98. The minimum Gasteiger partial charge on any atom is -0.388 e. The second-order valence-corrected chi connectivity index (χ2v) is 5.99. The molecule has 0 spiro atoms. The van der Waals surface area contributed by atoms with E-state index in [1.54, 1.807) is 35.9 Å². The Morgan fingerprint density at radius 1 is 1.40 bits per heavy atom. The summed E-state index contributed by atoms with van der Waals surface area (Å²) in [6, 6.07) is 6.80. The van der Waals surface area contributed by atoms with Gasteiger partial charge in [-0.1, -0.05) is 23.4 Å². The number of aliphatic hydroxyl groups is 1. The lowest BCUT2D eigenvalue weighted by atomic mass is 10.1. The summed E-state index contributed by atoms with van der Waals surface area (Å²) in [6.45, 7) is 1.64. The molecule has 1 N–H and O–H groups in total. The second-order valence-electron chi connectivity index (χ2n) is 4.25. The fourth-order valence-corrected chi connectivity index (χ4v) is 2.68. The number of aromatic nitrogens is 3. The smallest absolute Gasteiger partial charge is 0.191 e. The predicted molar refractivity (Wildman–Crippen MR) is 78.0 cm³/mol. The Labute approximate surface area is 126 Å². The molecule has 1 atom stereocenters. The fraction of sp³-hybridized carbons (Fsp3) is 0.308. The molecule has 0 aliphatic rings. The summed E-state index contributed by atoms with van der Waals surface area (Å²) in [5.74, 6) is 0.471. The van der Waals surface area contributed by atoms with Gasteiger partial charge in [0, 0.05) is 17.6 Å². The van der Waals surface area contributed by atoms with Crippen molar-refractivity contribution >= 4 is 29.1 Å². The highest BCUT2D eigenvalue weighted by molar-refractivity contribution is 8.00. The maximum atomic E-state index is 12.3.